The molecular formula is C24H38N4O2. The Balaban J connectivity index is 1.66. The largest absolute Gasteiger partial charge is 0.469 e. The van der Waals surface area contributed by atoms with Crippen LogP contribution in [0.3, 0.4) is 0 Å². The summed E-state index contributed by atoms with van der Waals surface area (Å²) in [5, 5.41) is 7.39. The summed E-state index contributed by atoms with van der Waals surface area (Å²) < 4.78 is 4.92. The maximum absolute atomic E-state index is 11.8. The van der Waals surface area contributed by atoms with Crippen molar-refractivity contribution in [2.45, 2.75) is 64.0 Å². The van der Waals surface area contributed by atoms with Gasteiger partial charge < -0.3 is 20.3 Å². The molecule has 3 rings (SSSR count). The molecule has 1 aliphatic carbocycles. The van der Waals surface area contributed by atoms with E-state index in [9.17, 15) is 4.79 Å². The number of rotatable bonds is 7. The minimum absolute atomic E-state index is 0.0173. The van der Waals surface area contributed by atoms with Crippen LogP contribution in [0.4, 0.5) is 0 Å². The number of hydrogen-bond donors (Lipinski definition) is 2. The lowest BCUT2D eigenvalue weighted by Crippen LogP contribution is -2.50. The number of nitrogens with one attached hydrogen (secondary N) is 2. The van der Waals surface area contributed by atoms with Crippen LogP contribution in [0.1, 0.15) is 64.0 Å². The van der Waals surface area contributed by atoms with Gasteiger partial charge in [-0.3, -0.25) is 9.79 Å². The molecule has 0 amide bonds. The van der Waals surface area contributed by atoms with E-state index in [1.807, 2.05) is 0 Å². The fourth-order valence-electron chi connectivity index (χ4n) is 4.83. The predicted molar refractivity (Wildman–Crippen MR) is 121 cm³/mol. The van der Waals surface area contributed by atoms with Crippen LogP contribution < -0.4 is 10.6 Å². The molecule has 1 aromatic carbocycles. The van der Waals surface area contributed by atoms with E-state index in [4.69, 9.17) is 9.73 Å². The average molecular weight is 415 g/mol. The fraction of sp³-hybridized carbons (Fsp3) is 0.667. The summed E-state index contributed by atoms with van der Waals surface area (Å²) >= 11 is 0. The van der Waals surface area contributed by atoms with Crippen molar-refractivity contribution in [3.8, 4) is 0 Å². The van der Waals surface area contributed by atoms with E-state index in [1.165, 1.54) is 25.5 Å². The number of carbonyl (C=O) groups is 1. The second kappa shape index (κ2) is 10.8. The highest BCUT2D eigenvalue weighted by Crippen LogP contribution is 2.33. The van der Waals surface area contributed by atoms with Gasteiger partial charge in [0.15, 0.2) is 5.96 Å². The van der Waals surface area contributed by atoms with E-state index in [1.54, 1.807) is 0 Å². The van der Waals surface area contributed by atoms with E-state index in [-0.39, 0.29) is 17.4 Å². The molecule has 0 bridgehead atoms. The molecule has 1 atom stereocenters. The first-order valence-corrected chi connectivity index (χ1v) is 11.5. The number of nitrogens with zero attached hydrogens (tertiary/aromatic N) is 2. The van der Waals surface area contributed by atoms with Gasteiger partial charge in [0.1, 0.15) is 0 Å². The maximum atomic E-state index is 11.8. The van der Waals surface area contributed by atoms with Gasteiger partial charge in [0, 0.05) is 31.2 Å². The third-order valence-corrected chi connectivity index (χ3v) is 6.58. The molecule has 6 heteroatoms. The monoisotopic (exact) mass is 414 g/mol. The summed E-state index contributed by atoms with van der Waals surface area (Å²) in [6.07, 6.45) is 6.49. The molecule has 1 heterocycles. The second-order valence-corrected chi connectivity index (χ2v) is 8.72. The molecular weight excluding hydrogens is 376 g/mol. The number of esters is 1. The molecule has 1 aromatic rings. The number of methoxy groups -OCH3 is 1. The molecule has 30 heavy (non-hydrogen) atoms. The van der Waals surface area contributed by atoms with Gasteiger partial charge in [0.05, 0.1) is 19.6 Å². The van der Waals surface area contributed by atoms with Gasteiger partial charge in [-0.15, -0.1) is 0 Å². The van der Waals surface area contributed by atoms with E-state index in [0.717, 1.165) is 57.8 Å². The van der Waals surface area contributed by atoms with Crippen LogP contribution in [0.15, 0.2) is 35.3 Å². The highest BCUT2D eigenvalue weighted by Gasteiger charge is 2.35. The van der Waals surface area contributed by atoms with Gasteiger partial charge in [0.2, 0.25) is 0 Å². The summed E-state index contributed by atoms with van der Waals surface area (Å²) in [4.78, 5) is 19.2. The Bertz CT molecular complexity index is 692. The zero-order chi connectivity index (χ0) is 21.4. The first-order valence-electron chi connectivity index (χ1n) is 11.5. The summed E-state index contributed by atoms with van der Waals surface area (Å²) in [5.74, 6) is 0.908. The zero-order valence-corrected chi connectivity index (χ0v) is 18.8. The number of ether oxygens (including phenoxy) is 1. The average Bonchev–Trinajstić information content (AvgIpc) is 3.25. The smallest absolute Gasteiger partial charge is 0.308 e. The molecule has 1 saturated carbocycles. The van der Waals surface area contributed by atoms with Gasteiger partial charge in [-0.2, -0.15) is 0 Å². The van der Waals surface area contributed by atoms with Crippen LogP contribution >= 0.6 is 0 Å². The van der Waals surface area contributed by atoms with Gasteiger partial charge >= 0.3 is 5.97 Å². The van der Waals surface area contributed by atoms with Crippen molar-refractivity contribution in [2.75, 3.05) is 33.3 Å². The molecule has 2 fully saturated rings. The third-order valence-electron chi connectivity index (χ3n) is 6.58. The first kappa shape index (κ1) is 22.6. The first-order chi connectivity index (χ1) is 14.6. The molecule has 0 spiro atoms. The summed E-state index contributed by atoms with van der Waals surface area (Å²) in [6.45, 7) is 7.67. The van der Waals surface area contributed by atoms with Gasteiger partial charge in [0.25, 0.3) is 0 Å². The van der Waals surface area contributed by atoms with Crippen molar-refractivity contribution in [3.05, 3.63) is 35.9 Å². The lowest BCUT2D eigenvalue weighted by atomic mass is 9.94. The molecule has 2 aliphatic rings. The second-order valence-electron chi connectivity index (χ2n) is 8.72. The Hall–Kier alpha value is -2.08. The predicted octanol–water partition coefficient (Wildman–Crippen LogP) is 3.50. The van der Waals surface area contributed by atoms with Crippen molar-refractivity contribution < 1.29 is 9.53 Å². The number of guanidine groups is 1. The molecule has 2 N–H and O–H groups in total. The van der Waals surface area contributed by atoms with Crippen molar-refractivity contribution in [3.63, 3.8) is 0 Å². The van der Waals surface area contributed by atoms with Gasteiger partial charge in [-0.25, -0.2) is 0 Å². The molecule has 1 unspecified atom stereocenters. The van der Waals surface area contributed by atoms with Crippen LogP contribution in [0.25, 0.3) is 0 Å². The standard InChI is InChI=1S/C24H38N4O2/c1-4-25-23(28-16-12-21(13-17-28)22(29)30-3)26-18-24(14-8-9-15-24)27-19(2)20-10-6-5-7-11-20/h5-7,10-11,19,21,27H,4,8-9,12-18H2,1-3H3,(H,25,26). The summed E-state index contributed by atoms with van der Waals surface area (Å²) in [7, 11) is 1.48. The Labute approximate surface area is 181 Å². The number of likely N-dealkylation sites (tertiary alicyclic amines) is 1. The molecule has 0 aromatic heterocycles. The SMILES string of the molecule is CCNC(=NCC1(NC(C)c2ccccc2)CCCC1)N1CCC(C(=O)OC)CC1. The number of aliphatic imine (C=N–C) groups is 1. The topological polar surface area (TPSA) is 66.0 Å². The Morgan fingerprint density at radius 2 is 1.90 bits per heavy atom. The summed E-state index contributed by atoms with van der Waals surface area (Å²) in [5.41, 5.74) is 1.38. The lowest BCUT2D eigenvalue weighted by molar-refractivity contribution is -0.146. The minimum Gasteiger partial charge on any atom is -0.469 e. The molecule has 6 nitrogen and oxygen atoms in total. The van der Waals surface area contributed by atoms with Crippen molar-refractivity contribution in [2.24, 2.45) is 10.9 Å². The lowest BCUT2D eigenvalue weighted by Gasteiger charge is -2.35. The van der Waals surface area contributed by atoms with E-state index in [2.05, 4.69) is 59.7 Å². The van der Waals surface area contributed by atoms with Gasteiger partial charge in [-0.1, -0.05) is 43.2 Å². The van der Waals surface area contributed by atoms with Crippen molar-refractivity contribution in [1.82, 2.24) is 15.5 Å². The molecule has 1 aliphatic heterocycles. The highest BCUT2D eigenvalue weighted by atomic mass is 16.5. The Morgan fingerprint density at radius 1 is 1.23 bits per heavy atom. The van der Waals surface area contributed by atoms with Crippen LogP contribution in [-0.4, -0.2) is 55.7 Å². The number of carbonyl (C=O) groups excluding carboxylic acids is 1. The maximum Gasteiger partial charge on any atom is 0.308 e. The van der Waals surface area contributed by atoms with Crippen LogP contribution in [0, 0.1) is 5.92 Å². The third kappa shape index (κ3) is 5.75. The van der Waals surface area contributed by atoms with E-state index >= 15 is 0 Å². The number of piperidine rings is 1. The van der Waals surface area contributed by atoms with Gasteiger partial charge in [-0.05, 0) is 45.1 Å². The van der Waals surface area contributed by atoms with Crippen molar-refractivity contribution in [1.29, 1.82) is 0 Å². The Kier molecular flexibility index (Phi) is 8.14. The number of hydrogen-bond acceptors (Lipinski definition) is 4. The molecule has 1 saturated heterocycles. The van der Waals surface area contributed by atoms with Crippen molar-refractivity contribution >= 4 is 11.9 Å². The zero-order valence-electron chi connectivity index (χ0n) is 18.8. The normalized spacial score (nSPS) is 20.8. The van der Waals surface area contributed by atoms with E-state index in [0.29, 0.717) is 6.04 Å². The fourth-order valence-corrected chi connectivity index (χ4v) is 4.83. The molecule has 166 valence electrons. The quantitative estimate of drug-likeness (QED) is 0.406. The number of benzene rings is 1. The Morgan fingerprint density at radius 3 is 2.50 bits per heavy atom. The minimum atomic E-state index is -0.0828. The summed E-state index contributed by atoms with van der Waals surface area (Å²) in [6, 6.07) is 11.0. The molecule has 0 radical (unpaired) electrons. The van der Waals surface area contributed by atoms with Crippen LogP contribution in [-0.2, 0) is 9.53 Å². The van der Waals surface area contributed by atoms with Crippen LogP contribution in [0.2, 0.25) is 0 Å². The highest BCUT2D eigenvalue weighted by molar-refractivity contribution is 5.80. The van der Waals surface area contributed by atoms with Crippen LogP contribution in [0.5, 0.6) is 0 Å². The van der Waals surface area contributed by atoms with E-state index < -0.39 is 0 Å².